The Balaban J connectivity index is 1.43. The number of nitrogens with zero attached hydrogens (tertiary/aromatic N) is 2. The standard InChI is InChI=1S/C25H34N4O4S/c1-2-19-9-7-11-21(15-19)27-24(30)20-10-8-14-29(18-20)34(32,33)22-16-23(26-17-22)25(31)28-12-5-3-4-6-13-28/h7,9,11,15-17,20,26H,2-6,8,10,12-14,18H2,1H3,(H,27,30). The zero-order valence-corrected chi connectivity index (χ0v) is 20.6. The number of nitrogens with one attached hydrogen (secondary N) is 2. The maximum atomic E-state index is 13.3. The molecule has 3 heterocycles. The van der Waals surface area contributed by atoms with Crippen LogP contribution in [0.5, 0.6) is 0 Å². The van der Waals surface area contributed by atoms with E-state index in [-0.39, 0.29) is 23.3 Å². The van der Waals surface area contributed by atoms with E-state index < -0.39 is 15.9 Å². The molecule has 4 rings (SSSR count). The SMILES string of the molecule is CCc1cccc(NC(=O)C2CCCN(S(=O)(=O)c3c[nH]c(C(=O)N4CCCCCC4)c3)C2)c1. The van der Waals surface area contributed by atoms with Gasteiger partial charge in [0.25, 0.3) is 5.91 Å². The van der Waals surface area contributed by atoms with Crippen LogP contribution >= 0.6 is 0 Å². The maximum Gasteiger partial charge on any atom is 0.270 e. The lowest BCUT2D eigenvalue weighted by molar-refractivity contribution is -0.120. The van der Waals surface area contributed by atoms with Crippen LogP contribution < -0.4 is 5.32 Å². The van der Waals surface area contributed by atoms with Gasteiger partial charge < -0.3 is 15.2 Å². The average Bonchev–Trinajstić information content (AvgIpc) is 3.21. The van der Waals surface area contributed by atoms with E-state index in [9.17, 15) is 18.0 Å². The Morgan fingerprint density at radius 3 is 2.56 bits per heavy atom. The Morgan fingerprint density at radius 2 is 1.82 bits per heavy atom. The quantitative estimate of drug-likeness (QED) is 0.651. The van der Waals surface area contributed by atoms with Crippen LogP contribution in [-0.4, -0.2) is 60.6 Å². The minimum Gasteiger partial charge on any atom is -0.356 e. The second kappa shape index (κ2) is 10.7. The molecule has 34 heavy (non-hydrogen) atoms. The highest BCUT2D eigenvalue weighted by atomic mass is 32.2. The minimum absolute atomic E-state index is 0.0716. The third kappa shape index (κ3) is 5.52. The van der Waals surface area contributed by atoms with Crippen LogP contribution in [0.3, 0.4) is 0 Å². The van der Waals surface area contributed by atoms with E-state index in [0.29, 0.717) is 38.2 Å². The highest BCUT2D eigenvalue weighted by molar-refractivity contribution is 7.89. The molecule has 184 valence electrons. The zero-order chi connectivity index (χ0) is 24.1. The predicted octanol–water partition coefficient (Wildman–Crippen LogP) is 3.63. The molecule has 1 unspecified atom stereocenters. The van der Waals surface area contributed by atoms with Gasteiger partial charge in [-0.25, -0.2) is 8.42 Å². The molecule has 2 aliphatic rings. The number of rotatable bonds is 6. The lowest BCUT2D eigenvalue weighted by atomic mass is 9.98. The molecule has 2 saturated heterocycles. The molecule has 2 N–H and O–H groups in total. The van der Waals surface area contributed by atoms with Gasteiger partial charge in [0.1, 0.15) is 10.6 Å². The van der Waals surface area contributed by atoms with Crippen molar-refractivity contribution in [3.05, 3.63) is 47.8 Å². The molecule has 0 saturated carbocycles. The molecular weight excluding hydrogens is 452 g/mol. The predicted molar refractivity (Wildman–Crippen MR) is 131 cm³/mol. The number of carbonyl (C=O) groups excluding carboxylic acids is 2. The van der Waals surface area contributed by atoms with E-state index in [0.717, 1.165) is 43.4 Å². The fraction of sp³-hybridized carbons (Fsp3) is 0.520. The van der Waals surface area contributed by atoms with Crippen LogP contribution in [-0.2, 0) is 21.2 Å². The van der Waals surface area contributed by atoms with Crippen molar-refractivity contribution in [2.75, 3.05) is 31.5 Å². The number of hydrogen-bond donors (Lipinski definition) is 2. The highest BCUT2D eigenvalue weighted by Crippen LogP contribution is 2.26. The molecule has 0 aliphatic carbocycles. The Morgan fingerprint density at radius 1 is 1.06 bits per heavy atom. The molecule has 2 aliphatic heterocycles. The summed E-state index contributed by atoms with van der Waals surface area (Å²) in [6, 6.07) is 9.13. The van der Waals surface area contributed by atoms with Crippen LogP contribution in [0, 0.1) is 5.92 Å². The summed E-state index contributed by atoms with van der Waals surface area (Å²) < 4.78 is 28.0. The molecule has 0 spiro atoms. The number of anilines is 1. The molecule has 2 fully saturated rings. The van der Waals surface area contributed by atoms with Crippen LogP contribution in [0.2, 0.25) is 0 Å². The van der Waals surface area contributed by atoms with Crippen LogP contribution in [0.1, 0.15) is 61.5 Å². The number of aromatic nitrogens is 1. The maximum absolute atomic E-state index is 13.3. The first kappa shape index (κ1) is 24.5. The largest absolute Gasteiger partial charge is 0.356 e. The molecule has 1 aromatic heterocycles. The molecule has 9 heteroatoms. The number of carbonyl (C=O) groups is 2. The monoisotopic (exact) mass is 486 g/mol. The van der Waals surface area contributed by atoms with E-state index in [4.69, 9.17) is 0 Å². The Bertz CT molecular complexity index is 1120. The Kier molecular flexibility index (Phi) is 7.73. The molecule has 0 radical (unpaired) electrons. The van der Waals surface area contributed by atoms with Crippen molar-refractivity contribution in [2.45, 2.75) is 56.8 Å². The van der Waals surface area contributed by atoms with Gasteiger partial charge in [-0.2, -0.15) is 4.31 Å². The summed E-state index contributed by atoms with van der Waals surface area (Å²) >= 11 is 0. The van der Waals surface area contributed by atoms with Crippen molar-refractivity contribution >= 4 is 27.5 Å². The third-order valence-electron chi connectivity index (χ3n) is 6.78. The van der Waals surface area contributed by atoms with Gasteiger partial charge in [0, 0.05) is 38.1 Å². The summed E-state index contributed by atoms with van der Waals surface area (Å²) in [4.78, 5) is 30.5. The number of hydrogen-bond acceptors (Lipinski definition) is 4. The number of aryl methyl sites for hydroxylation is 1. The number of aromatic amines is 1. The van der Waals surface area contributed by atoms with E-state index in [2.05, 4.69) is 17.2 Å². The molecular formula is C25H34N4O4S. The first-order valence-electron chi connectivity index (χ1n) is 12.3. The Labute approximate surface area is 201 Å². The first-order chi connectivity index (χ1) is 16.4. The molecule has 2 aromatic rings. The summed E-state index contributed by atoms with van der Waals surface area (Å²) in [5, 5.41) is 2.94. The zero-order valence-electron chi connectivity index (χ0n) is 19.8. The smallest absolute Gasteiger partial charge is 0.270 e. The lowest BCUT2D eigenvalue weighted by Gasteiger charge is -2.31. The van der Waals surface area contributed by atoms with Gasteiger partial charge in [-0.1, -0.05) is 31.9 Å². The van der Waals surface area contributed by atoms with E-state index >= 15 is 0 Å². The molecule has 2 amide bonds. The summed E-state index contributed by atoms with van der Waals surface area (Å²) in [5.41, 5.74) is 2.15. The van der Waals surface area contributed by atoms with Gasteiger partial charge in [0.2, 0.25) is 15.9 Å². The summed E-state index contributed by atoms with van der Waals surface area (Å²) in [7, 11) is -3.81. The number of amides is 2. The normalized spacial score (nSPS) is 20.0. The van der Waals surface area contributed by atoms with Crippen molar-refractivity contribution in [2.24, 2.45) is 5.92 Å². The minimum atomic E-state index is -3.81. The van der Waals surface area contributed by atoms with Gasteiger partial charge in [0.05, 0.1) is 5.92 Å². The summed E-state index contributed by atoms with van der Waals surface area (Å²) in [5.74, 6) is -0.751. The van der Waals surface area contributed by atoms with Crippen LogP contribution in [0.15, 0.2) is 41.4 Å². The van der Waals surface area contributed by atoms with Crippen molar-refractivity contribution in [3.63, 3.8) is 0 Å². The first-order valence-corrected chi connectivity index (χ1v) is 13.7. The lowest BCUT2D eigenvalue weighted by Crippen LogP contribution is -2.43. The van der Waals surface area contributed by atoms with Crippen LogP contribution in [0.25, 0.3) is 0 Å². The second-order valence-corrected chi connectivity index (χ2v) is 11.1. The molecule has 0 bridgehead atoms. The van der Waals surface area contributed by atoms with Gasteiger partial charge in [0.15, 0.2) is 0 Å². The number of piperidine rings is 1. The van der Waals surface area contributed by atoms with E-state index in [1.54, 1.807) is 4.90 Å². The van der Waals surface area contributed by atoms with Gasteiger partial charge in [-0.15, -0.1) is 0 Å². The average molecular weight is 487 g/mol. The fourth-order valence-electron chi connectivity index (χ4n) is 4.73. The Hall–Kier alpha value is -2.65. The van der Waals surface area contributed by atoms with Crippen molar-refractivity contribution in [1.82, 2.24) is 14.2 Å². The number of benzene rings is 1. The van der Waals surface area contributed by atoms with Crippen molar-refractivity contribution in [1.29, 1.82) is 0 Å². The van der Waals surface area contributed by atoms with Crippen LogP contribution in [0.4, 0.5) is 5.69 Å². The summed E-state index contributed by atoms with van der Waals surface area (Å²) in [6.45, 7) is 3.94. The van der Waals surface area contributed by atoms with E-state index in [1.807, 2.05) is 24.3 Å². The molecule has 1 atom stereocenters. The fourth-order valence-corrected chi connectivity index (χ4v) is 6.25. The van der Waals surface area contributed by atoms with Gasteiger partial charge in [-0.05, 0) is 55.9 Å². The highest BCUT2D eigenvalue weighted by Gasteiger charge is 2.34. The van der Waals surface area contributed by atoms with Crippen molar-refractivity contribution < 1.29 is 18.0 Å². The summed E-state index contributed by atoms with van der Waals surface area (Å²) in [6.07, 6.45) is 7.67. The second-order valence-electron chi connectivity index (χ2n) is 9.20. The van der Waals surface area contributed by atoms with Gasteiger partial charge in [-0.3, -0.25) is 9.59 Å². The molecule has 1 aromatic carbocycles. The number of likely N-dealkylation sites (tertiary alicyclic amines) is 1. The third-order valence-corrected chi connectivity index (χ3v) is 8.62. The van der Waals surface area contributed by atoms with Gasteiger partial charge >= 0.3 is 0 Å². The topological polar surface area (TPSA) is 103 Å². The van der Waals surface area contributed by atoms with E-state index in [1.165, 1.54) is 16.6 Å². The molecule has 8 nitrogen and oxygen atoms in total. The van der Waals surface area contributed by atoms with Crippen molar-refractivity contribution in [3.8, 4) is 0 Å². The number of sulfonamides is 1. The number of H-pyrrole nitrogens is 1.